The Balaban J connectivity index is 1.53. The number of carbonyl (C=O) groups is 1. The Morgan fingerprint density at radius 3 is 2.67 bits per heavy atom. The van der Waals surface area contributed by atoms with E-state index in [9.17, 15) is 9.59 Å². The molecule has 0 saturated heterocycles. The highest BCUT2D eigenvalue weighted by Crippen LogP contribution is 2.64. The lowest BCUT2D eigenvalue weighted by Gasteiger charge is -2.59. The van der Waals surface area contributed by atoms with Crippen molar-refractivity contribution in [3.05, 3.63) is 21.6 Å². The number of nitrogens with one attached hydrogen (secondary N) is 2. The van der Waals surface area contributed by atoms with E-state index < -0.39 is 0 Å². The highest BCUT2D eigenvalue weighted by molar-refractivity contribution is 5.87. The van der Waals surface area contributed by atoms with Gasteiger partial charge in [0.2, 0.25) is 0 Å². The molecule has 130 valence electrons. The fraction of sp³-hybridized carbons (Fsp3) is 0.800. The number of rotatable bonds is 0. The van der Waals surface area contributed by atoms with Crippen LogP contribution >= 0.6 is 0 Å². The van der Waals surface area contributed by atoms with Gasteiger partial charge in [0.1, 0.15) is 5.78 Å². The van der Waals surface area contributed by atoms with Gasteiger partial charge in [-0.3, -0.25) is 14.7 Å². The van der Waals surface area contributed by atoms with E-state index in [4.69, 9.17) is 0 Å². The van der Waals surface area contributed by atoms with Gasteiger partial charge in [0, 0.05) is 23.1 Å². The Labute approximate surface area is 142 Å². The van der Waals surface area contributed by atoms with Crippen molar-refractivity contribution in [2.24, 2.45) is 34.5 Å². The van der Waals surface area contributed by atoms with Crippen molar-refractivity contribution in [2.75, 3.05) is 0 Å². The van der Waals surface area contributed by atoms with Crippen LogP contribution in [0.4, 0.5) is 0 Å². The van der Waals surface area contributed by atoms with E-state index in [1.54, 1.807) is 0 Å². The largest absolute Gasteiger partial charge is 0.302 e. The summed E-state index contributed by atoms with van der Waals surface area (Å²) in [5.74, 6) is 3.16. The maximum atomic E-state index is 12.5. The fourth-order valence-corrected chi connectivity index (χ4v) is 7.33. The zero-order chi connectivity index (χ0) is 16.7. The predicted octanol–water partition coefficient (Wildman–Crippen LogP) is 3.23. The van der Waals surface area contributed by atoms with Crippen LogP contribution in [-0.2, 0) is 17.6 Å². The van der Waals surface area contributed by atoms with Crippen molar-refractivity contribution in [1.29, 1.82) is 0 Å². The van der Waals surface area contributed by atoms with Crippen LogP contribution in [0.1, 0.15) is 63.6 Å². The summed E-state index contributed by atoms with van der Waals surface area (Å²) < 4.78 is 0. The highest BCUT2D eigenvalue weighted by atomic mass is 16.1. The molecule has 1 aromatic heterocycles. The van der Waals surface area contributed by atoms with Crippen molar-refractivity contribution in [3.8, 4) is 0 Å². The molecule has 4 aliphatic rings. The average Bonchev–Trinajstić information content (AvgIpc) is 3.05. The van der Waals surface area contributed by atoms with E-state index >= 15 is 0 Å². The summed E-state index contributed by atoms with van der Waals surface area (Å²) in [7, 11) is 0. The molecule has 1 heterocycles. The molecule has 0 spiro atoms. The van der Waals surface area contributed by atoms with Crippen molar-refractivity contribution in [3.63, 3.8) is 0 Å². The summed E-state index contributed by atoms with van der Waals surface area (Å²) in [6.45, 7) is 4.69. The lowest BCUT2D eigenvalue weighted by Crippen LogP contribution is -2.54. The fourth-order valence-electron chi connectivity index (χ4n) is 7.33. The third kappa shape index (κ3) is 1.70. The Bertz CT molecular complexity index is 762. The number of hydrogen-bond donors (Lipinski definition) is 2. The summed E-state index contributed by atoms with van der Waals surface area (Å²) in [5.41, 5.74) is 2.43. The Kier molecular flexibility index (Phi) is 2.90. The molecule has 24 heavy (non-hydrogen) atoms. The van der Waals surface area contributed by atoms with Gasteiger partial charge in [-0.05, 0) is 74.0 Å². The van der Waals surface area contributed by atoms with Gasteiger partial charge < -0.3 is 5.10 Å². The number of H-pyrrole nitrogens is 2. The van der Waals surface area contributed by atoms with Crippen LogP contribution in [0.3, 0.4) is 0 Å². The van der Waals surface area contributed by atoms with Crippen molar-refractivity contribution in [2.45, 2.75) is 65.2 Å². The summed E-state index contributed by atoms with van der Waals surface area (Å²) in [5, 5.41) is 5.92. The van der Waals surface area contributed by atoms with E-state index in [0.29, 0.717) is 29.5 Å². The third-order valence-electron chi connectivity index (χ3n) is 8.75. The second-order valence-corrected chi connectivity index (χ2v) is 9.49. The molecule has 4 aliphatic carbocycles. The van der Waals surface area contributed by atoms with Crippen LogP contribution in [-0.4, -0.2) is 16.0 Å². The summed E-state index contributed by atoms with van der Waals surface area (Å²) in [4.78, 5) is 24.7. The number of carbonyl (C=O) groups excluding carboxylic acids is 1. The smallest absolute Gasteiger partial charge is 0.267 e. The van der Waals surface area contributed by atoms with E-state index in [0.717, 1.165) is 43.4 Å². The SMILES string of the molecule is C[C@]12Cc3c([nH][nH]c3=O)CC1CCC1C2CC[C@]2(C)C(=O)CCC12. The van der Waals surface area contributed by atoms with E-state index in [-0.39, 0.29) is 16.4 Å². The first-order chi connectivity index (χ1) is 11.4. The van der Waals surface area contributed by atoms with E-state index in [1.165, 1.54) is 19.3 Å². The standard InChI is InChI=1S/C20H28N2O2/c1-19-8-7-15-12(14(19)5-6-17(19)23)4-3-11-9-16-13(10-20(11,15)2)18(24)22-21-16/h11-12,14-15H,3-10H2,1-2H3,(H2,21,22,24)/t11?,12?,14?,15?,19-,20-/m0/s1. The molecule has 2 N–H and O–H groups in total. The predicted molar refractivity (Wildman–Crippen MR) is 91.7 cm³/mol. The third-order valence-corrected chi connectivity index (χ3v) is 8.75. The van der Waals surface area contributed by atoms with Gasteiger partial charge in [-0.1, -0.05) is 13.8 Å². The van der Waals surface area contributed by atoms with Crippen LogP contribution in [0.25, 0.3) is 0 Å². The molecular formula is C20H28N2O2. The lowest BCUT2D eigenvalue weighted by atomic mass is 9.45. The van der Waals surface area contributed by atoms with Gasteiger partial charge in [-0.2, -0.15) is 0 Å². The molecule has 4 heteroatoms. The summed E-state index contributed by atoms with van der Waals surface area (Å²) in [6.07, 6.45) is 8.62. The minimum atomic E-state index is -0.0459. The number of aromatic nitrogens is 2. The molecule has 3 saturated carbocycles. The maximum Gasteiger partial charge on any atom is 0.267 e. The normalized spacial score (nSPS) is 46.8. The molecule has 0 bridgehead atoms. The zero-order valence-corrected chi connectivity index (χ0v) is 14.8. The lowest BCUT2D eigenvalue weighted by molar-refractivity contribution is -0.136. The molecule has 6 atom stereocenters. The number of ketones is 1. The minimum absolute atomic E-state index is 0.0459. The first kappa shape index (κ1) is 15.0. The first-order valence-electron chi connectivity index (χ1n) is 9.75. The average molecular weight is 328 g/mol. The molecule has 4 nitrogen and oxygen atoms in total. The van der Waals surface area contributed by atoms with Gasteiger partial charge in [-0.15, -0.1) is 0 Å². The molecule has 0 amide bonds. The van der Waals surface area contributed by atoms with Crippen LogP contribution < -0.4 is 5.56 Å². The maximum absolute atomic E-state index is 12.5. The summed E-state index contributed by atoms with van der Waals surface area (Å²) >= 11 is 0. The molecule has 0 aromatic carbocycles. The van der Waals surface area contributed by atoms with Crippen LogP contribution in [0.5, 0.6) is 0 Å². The highest BCUT2D eigenvalue weighted by Gasteiger charge is 2.60. The van der Waals surface area contributed by atoms with Gasteiger partial charge in [-0.25, -0.2) is 0 Å². The van der Waals surface area contributed by atoms with Gasteiger partial charge in [0.25, 0.3) is 5.56 Å². The Morgan fingerprint density at radius 2 is 1.83 bits per heavy atom. The number of fused-ring (bicyclic) bond motifs is 6. The van der Waals surface area contributed by atoms with E-state index in [2.05, 4.69) is 24.0 Å². The molecule has 0 aliphatic heterocycles. The number of Topliss-reactive ketones (excluding diaryl/α,β-unsaturated/α-hetero) is 1. The topological polar surface area (TPSA) is 65.7 Å². The monoisotopic (exact) mass is 328 g/mol. The summed E-state index contributed by atoms with van der Waals surface area (Å²) in [6, 6.07) is 0. The minimum Gasteiger partial charge on any atom is -0.302 e. The van der Waals surface area contributed by atoms with Gasteiger partial charge >= 0.3 is 0 Å². The van der Waals surface area contributed by atoms with Crippen LogP contribution in [0, 0.1) is 34.5 Å². The van der Waals surface area contributed by atoms with Crippen LogP contribution in [0.15, 0.2) is 4.79 Å². The molecular weight excluding hydrogens is 300 g/mol. The van der Waals surface area contributed by atoms with Crippen molar-refractivity contribution < 1.29 is 4.79 Å². The second-order valence-electron chi connectivity index (χ2n) is 9.49. The molecule has 1 aromatic rings. The molecule has 3 fully saturated rings. The zero-order valence-electron chi connectivity index (χ0n) is 14.8. The molecule has 4 unspecified atom stereocenters. The second kappa shape index (κ2) is 4.64. The van der Waals surface area contributed by atoms with E-state index in [1.807, 2.05) is 0 Å². The first-order valence-corrected chi connectivity index (χ1v) is 9.75. The van der Waals surface area contributed by atoms with Crippen molar-refractivity contribution >= 4 is 5.78 Å². The van der Waals surface area contributed by atoms with Gasteiger partial charge in [0.15, 0.2) is 0 Å². The van der Waals surface area contributed by atoms with Gasteiger partial charge in [0.05, 0.1) is 0 Å². The van der Waals surface area contributed by atoms with Crippen molar-refractivity contribution in [1.82, 2.24) is 10.2 Å². The Morgan fingerprint density at radius 1 is 1.00 bits per heavy atom. The number of aromatic amines is 2. The molecule has 0 radical (unpaired) electrons. The Hall–Kier alpha value is -1.32. The number of hydrogen-bond acceptors (Lipinski definition) is 2. The van der Waals surface area contributed by atoms with Crippen LogP contribution in [0.2, 0.25) is 0 Å². The molecule has 5 rings (SSSR count). The quantitative estimate of drug-likeness (QED) is 0.768.